The van der Waals surface area contributed by atoms with E-state index >= 15 is 0 Å². The van der Waals surface area contributed by atoms with Crippen LogP contribution in [0.15, 0.2) is 66.4 Å². The number of benzene rings is 3. The lowest BCUT2D eigenvalue weighted by Crippen LogP contribution is -2.33. The summed E-state index contributed by atoms with van der Waals surface area (Å²) in [6.07, 6.45) is 0. The molecule has 2 heterocycles. The number of amides is 2. The highest BCUT2D eigenvalue weighted by Gasteiger charge is 2.41. The molecule has 34 heavy (non-hydrogen) atoms. The Labute approximate surface area is 193 Å². The van der Waals surface area contributed by atoms with Crippen LogP contribution in [-0.4, -0.2) is 32.1 Å². The molecule has 7 nitrogen and oxygen atoms in total. The molecule has 0 spiro atoms. The van der Waals surface area contributed by atoms with Gasteiger partial charge in [-0.3, -0.25) is 9.59 Å². The molecule has 1 N–H and O–H groups in total. The Balaban J connectivity index is 1.60. The number of hydrogen-bond donors (Lipinski definition) is 1. The van der Waals surface area contributed by atoms with E-state index < -0.39 is 29.1 Å². The Morgan fingerprint density at radius 1 is 0.882 bits per heavy atom. The van der Waals surface area contributed by atoms with Crippen LogP contribution in [0.2, 0.25) is 0 Å². The van der Waals surface area contributed by atoms with Crippen molar-refractivity contribution in [2.75, 3.05) is 30.5 Å². The van der Waals surface area contributed by atoms with Gasteiger partial charge in [0.1, 0.15) is 36.3 Å². The van der Waals surface area contributed by atoms with Crippen LogP contribution in [-0.2, 0) is 9.59 Å². The predicted molar refractivity (Wildman–Crippen MR) is 120 cm³/mol. The van der Waals surface area contributed by atoms with Crippen molar-refractivity contribution in [3.8, 4) is 17.2 Å². The molecule has 2 aliphatic heterocycles. The van der Waals surface area contributed by atoms with E-state index in [0.717, 1.165) is 18.2 Å². The second kappa shape index (κ2) is 8.51. The summed E-state index contributed by atoms with van der Waals surface area (Å²) >= 11 is 0. The van der Waals surface area contributed by atoms with E-state index in [-0.39, 0.29) is 11.3 Å². The molecule has 0 aliphatic carbocycles. The van der Waals surface area contributed by atoms with E-state index in [1.54, 1.807) is 42.5 Å². The molecular weight excluding hydrogens is 446 g/mol. The van der Waals surface area contributed by atoms with Gasteiger partial charge in [-0.1, -0.05) is 12.1 Å². The fourth-order valence-electron chi connectivity index (χ4n) is 3.81. The summed E-state index contributed by atoms with van der Waals surface area (Å²) in [7, 11) is 1.50. The SMILES string of the molecule is COc1ccc(C2=C(Nc3ccc4c(c3)OCCO4)C(=O)N(c3cc(F)ccc3F)C2=O)cc1. The van der Waals surface area contributed by atoms with Crippen molar-refractivity contribution in [3.63, 3.8) is 0 Å². The number of carbonyl (C=O) groups is 2. The van der Waals surface area contributed by atoms with Crippen LogP contribution in [0, 0.1) is 11.6 Å². The monoisotopic (exact) mass is 464 g/mol. The zero-order chi connectivity index (χ0) is 23.8. The first-order valence-corrected chi connectivity index (χ1v) is 10.4. The van der Waals surface area contributed by atoms with Crippen molar-refractivity contribution in [2.45, 2.75) is 0 Å². The third kappa shape index (κ3) is 3.71. The second-order valence-electron chi connectivity index (χ2n) is 7.50. The van der Waals surface area contributed by atoms with Gasteiger partial charge in [0.2, 0.25) is 0 Å². The molecular formula is C25H18F2N2O5. The van der Waals surface area contributed by atoms with E-state index in [0.29, 0.717) is 46.6 Å². The maximum absolute atomic E-state index is 14.5. The van der Waals surface area contributed by atoms with Crippen LogP contribution in [0.5, 0.6) is 17.2 Å². The molecule has 5 rings (SSSR count). The summed E-state index contributed by atoms with van der Waals surface area (Å²) < 4.78 is 44.7. The highest BCUT2D eigenvalue weighted by Crippen LogP contribution is 2.38. The van der Waals surface area contributed by atoms with Crippen molar-refractivity contribution in [3.05, 3.63) is 83.6 Å². The lowest BCUT2D eigenvalue weighted by Gasteiger charge is -2.19. The molecule has 3 aromatic rings. The fraction of sp³-hybridized carbons (Fsp3) is 0.120. The minimum atomic E-state index is -0.905. The molecule has 0 atom stereocenters. The summed E-state index contributed by atoms with van der Waals surface area (Å²) in [5.41, 5.74) is 0.299. The number of halogens is 2. The first-order chi connectivity index (χ1) is 16.5. The maximum atomic E-state index is 14.5. The number of carbonyl (C=O) groups excluding carboxylic acids is 2. The van der Waals surface area contributed by atoms with Crippen LogP contribution < -0.4 is 24.4 Å². The number of methoxy groups -OCH3 is 1. The maximum Gasteiger partial charge on any atom is 0.282 e. The van der Waals surface area contributed by atoms with Gasteiger partial charge < -0.3 is 19.5 Å². The Kier molecular flexibility index (Phi) is 5.37. The topological polar surface area (TPSA) is 77.1 Å². The molecule has 0 unspecified atom stereocenters. The summed E-state index contributed by atoms with van der Waals surface area (Å²) in [5, 5.41) is 2.97. The van der Waals surface area contributed by atoms with Crippen LogP contribution in [0.3, 0.4) is 0 Å². The largest absolute Gasteiger partial charge is 0.497 e. The number of ether oxygens (including phenoxy) is 3. The standard InChI is InChI=1S/C25H18F2N2O5/c1-32-17-6-2-14(3-7-17)22-23(28-16-5-9-20-21(13-16)34-11-10-33-20)25(31)29(24(22)30)19-12-15(26)4-8-18(19)27/h2-9,12-13,28H,10-11H2,1H3. The normalized spacial score (nSPS) is 15.1. The minimum Gasteiger partial charge on any atom is -0.497 e. The molecule has 2 amide bonds. The quantitative estimate of drug-likeness (QED) is 0.572. The molecule has 0 bridgehead atoms. The van der Waals surface area contributed by atoms with Crippen molar-refractivity contribution < 1.29 is 32.6 Å². The Bertz CT molecular complexity index is 1340. The average molecular weight is 464 g/mol. The molecule has 2 aliphatic rings. The smallest absolute Gasteiger partial charge is 0.282 e. The minimum absolute atomic E-state index is 0.00574. The van der Waals surface area contributed by atoms with E-state index in [4.69, 9.17) is 14.2 Å². The highest BCUT2D eigenvalue weighted by molar-refractivity contribution is 6.46. The zero-order valence-electron chi connectivity index (χ0n) is 17.9. The van der Waals surface area contributed by atoms with Crippen molar-refractivity contribution in [1.82, 2.24) is 0 Å². The van der Waals surface area contributed by atoms with Crippen LogP contribution in [0.4, 0.5) is 20.2 Å². The molecule has 0 radical (unpaired) electrons. The van der Waals surface area contributed by atoms with Gasteiger partial charge in [-0.25, -0.2) is 13.7 Å². The first-order valence-electron chi connectivity index (χ1n) is 10.4. The Morgan fingerprint density at radius 3 is 2.35 bits per heavy atom. The number of fused-ring (bicyclic) bond motifs is 1. The van der Waals surface area contributed by atoms with Gasteiger partial charge in [-0.2, -0.15) is 0 Å². The first kappa shape index (κ1) is 21.4. The second-order valence-corrected chi connectivity index (χ2v) is 7.50. The molecule has 0 fully saturated rings. The predicted octanol–water partition coefficient (Wildman–Crippen LogP) is 4.14. The highest BCUT2D eigenvalue weighted by atomic mass is 19.1. The lowest BCUT2D eigenvalue weighted by atomic mass is 10.0. The molecule has 0 aromatic heterocycles. The molecule has 3 aromatic carbocycles. The van der Waals surface area contributed by atoms with Gasteiger partial charge in [-0.05, 0) is 42.0 Å². The number of nitrogens with one attached hydrogen (secondary N) is 1. The van der Waals surface area contributed by atoms with Gasteiger partial charge in [-0.15, -0.1) is 0 Å². The van der Waals surface area contributed by atoms with Crippen LogP contribution >= 0.6 is 0 Å². The summed E-state index contributed by atoms with van der Waals surface area (Å²) in [4.78, 5) is 27.4. The lowest BCUT2D eigenvalue weighted by molar-refractivity contribution is -0.120. The van der Waals surface area contributed by atoms with E-state index in [2.05, 4.69) is 5.32 Å². The van der Waals surface area contributed by atoms with E-state index in [1.165, 1.54) is 7.11 Å². The van der Waals surface area contributed by atoms with Gasteiger partial charge in [0.15, 0.2) is 11.5 Å². The van der Waals surface area contributed by atoms with Crippen molar-refractivity contribution in [1.29, 1.82) is 0 Å². The number of rotatable bonds is 5. The van der Waals surface area contributed by atoms with E-state index in [1.807, 2.05) is 0 Å². The van der Waals surface area contributed by atoms with Gasteiger partial charge in [0.05, 0.1) is 18.4 Å². The Morgan fingerprint density at radius 2 is 1.62 bits per heavy atom. The third-order valence-electron chi connectivity index (χ3n) is 5.42. The third-order valence-corrected chi connectivity index (χ3v) is 5.42. The molecule has 172 valence electrons. The molecule has 9 heteroatoms. The van der Waals surface area contributed by atoms with Crippen molar-refractivity contribution >= 4 is 28.8 Å². The van der Waals surface area contributed by atoms with Gasteiger partial charge >= 0.3 is 0 Å². The number of imide groups is 1. The molecule has 0 saturated heterocycles. The number of anilines is 2. The number of hydrogen-bond acceptors (Lipinski definition) is 6. The van der Waals surface area contributed by atoms with Gasteiger partial charge in [0.25, 0.3) is 11.8 Å². The zero-order valence-corrected chi connectivity index (χ0v) is 17.9. The average Bonchev–Trinajstić information content (AvgIpc) is 3.09. The molecule has 0 saturated carbocycles. The number of nitrogens with zero attached hydrogens (tertiary/aromatic N) is 1. The summed E-state index contributed by atoms with van der Waals surface area (Å²) in [6, 6.07) is 14.0. The summed E-state index contributed by atoms with van der Waals surface area (Å²) in [5.74, 6) is -1.72. The van der Waals surface area contributed by atoms with Gasteiger partial charge in [0, 0.05) is 17.8 Å². The van der Waals surface area contributed by atoms with E-state index in [9.17, 15) is 18.4 Å². The van der Waals surface area contributed by atoms with Crippen LogP contribution in [0.25, 0.3) is 5.57 Å². The fourth-order valence-corrected chi connectivity index (χ4v) is 3.81. The van der Waals surface area contributed by atoms with Crippen molar-refractivity contribution in [2.24, 2.45) is 0 Å². The summed E-state index contributed by atoms with van der Waals surface area (Å²) in [6.45, 7) is 0.800. The van der Waals surface area contributed by atoms with Crippen LogP contribution in [0.1, 0.15) is 5.56 Å². The Hall–Kier alpha value is -4.40.